The molecule has 23 heavy (non-hydrogen) atoms. The minimum absolute atomic E-state index is 0.285. The van der Waals surface area contributed by atoms with Crippen LogP contribution >= 0.6 is 0 Å². The van der Waals surface area contributed by atoms with Gasteiger partial charge in [0.05, 0.1) is 0 Å². The normalized spacial score (nSPS) is 10.3. The molecular formula is C19H28N2O2. The van der Waals surface area contributed by atoms with E-state index in [4.69, 9.17) is 5.73 Å². The molecule has 1 unspecified atom stereocenters. The Morgan fingerprint density at radius 1 is 0.957 bits per heavy atom. The van der Waals surface area contributed by atoms with Gasteiger partial charge in [-0.25, -0.2) is 0 Å². The highest BCUT2D eigenvalue weighted by molar-refractivity contribution is 5.85. The van der Waals surface area contributed by atoms with Crippen molar-refractivity contribution in [2.24, 2.45) is 5.73 Å². The topological polar surface area (TPSA) is 66.6 Å². The third-order valence-corrected chi connectivity index (χ3v) is 2.94. The average molecular weight is 316 g/mol. The molecule has 0 aliphatic heterocycles. The largest absolute Gasteiger partial charge is 0.376 e. The quantitative estimate of drug-likeness (QED) is 0.826. The number of para-hydroxylation sites is 1. The van der Waals surface area contributed by atoms with Crippen LogP contribution in [0.5, 0.6) is 0 Å². The molecule has 4 nitrogen and oxygen atoms in total. The van der Waals surface area contributed by atoms with E-state index >= 15 is 0 Å². The standard InChI is InChI=1S/C15H16N2O2.2C2H6/c16-15(19)14(12-7-3-1-4-8-12)17(11-18)13-9-5-2-6-10-13;2*1-2/h1-10,14,18H,11H2,(H2,16,19);2*1-2H3. The number of aliphatic hydroxyl groups excluding tert-OH is 1. The molecule has 0 saturated heterocycles. The van der Waals surface area contributed by atoms with E-state index in [2.05, 4.69) is 0 Å². The number of nitrogens with two attached hydrogens (primary N) is 1. The molecule has 0 aromatic heterocycles. The zero-order chi connectivity index (χ0) is 17.7. The second-order valence-corrected chi connectivity index (χ2v) is 4.16. The summed E-state index contributed by atoms with van der Waals surface area (Å²) < 4.78 is 0. The molecule has 0 bridgehead atoms. The molecule has 0 radical (unpaired) electrons. The molecule has 0 spiro atoms. The molecule has 1 atom stereocenters. The number of hydrogen-bond donors (Lipinski definition) is 2. The van der Waals surface area contributed by atoms with Crippen molar-refractivity contribution in [3.63, 3.8) is 0 Å². The second-order valence-electron chi connectivity index (χ2n) is 4.16. The maximum absolute atomic E-state index is 11.7. The van der Waals surface area contributed by atoms with Crippen LogP contribution in [0.25, 0.3) is 0 Å². The van der Waals surface area contributed by atoms with Crippen molar-refractivity contribution in [3.05, 3.63) is 66.2 Å². The van der Waals surface area contributed by atoms with Crippen LogP contribution in [-0.4, -0.2) is 17.7 Å². The van der Waals surface area contributed by atoms with Crippen molar-refractivity contribution in [1.82, 2.24) is 0 Å². The van der Waals surface area contributed by atoms with Crippen LogP contribution in [0.1, 0.15) is 39.3 Å². The van der Waals surface area contributed by atoms with Crippen molar-refractivity contribution < 1.29 is 9.90 Å². The SMILES string of the molecule is CC.CC.NC(=O)C(c1ccccc1)N(CO)c1ccccc1. The van der Waals surface area contributed by atoms with Gasteiger partial charge in [-0.2, -0.15) is 0 Å². The zero-order valence-corrected chi connectivity index (χ0v) is 14.4. The molecular weight excluding hydrogens is 288 g/mol. The van der Waals surface area contributed by atoms with E-state index in [9.17, 15) is 9.90 Å². The minimum atomic E-state index is -0.686. The third-order valence-electron chi connectivity index (χ3n) is 2.94. The Morgan fingerprint density at radius 2 is 1.39 bits per heavy atom. The van der Waals surface area contributed by atoms with E-state index in [0.29, 0.717) is 0 Å². The van der Waals surface area contributed by atoms with Crippen molar-refractivity contribution in [1.29, 1.82) is 0 Å². The minimum Gasteiger partial charge on any atom is -0.376 e. The highest BCUT2D eigenvalue weighted by atomic mass is 16.3. The molecule has 0 fully saturated rings. The van der Waals surface area contributed by atoms with Gasteiger partial charge in [0.25, 0.3) is 0 Å². The van der Waals surface area contributed by atoms with Gasteiger partial charge >= 0.3 is 0 Å². The Labute approximate surface area is 139 Å². The van der Waals surface area contributed by atoms with E-state index < -0.39 is 11.9 Å². The first-order valence-electron chi connectivity index (χ1n) is 8.01. The number of hydrogen-bond acceptors (Lipinski definition) is 3. The monoisotopic (exact) mass is 316 g/mol. The van der Waals surface area contributed by atoms with Crippen LogP contribution in [0.15, 0.2) is 60.7 Å². The van der Waals surface area contributed by atoms with Gasteiger partial charge in [0.15, 0.2) is 0 Å². The van der Waals surface area contributed by atoms with E-state index in [1.807, 2.05) is 88.4 Å². The van der Waals surface area contributed by atoms with E-state index in [1.54, 1.807) is 4.90 Å². The maximum atomic E-state index is 11.7. The second kappa shape index (κ2) is 12.2. The van der Waals surface area contributed by atoms with E-state index in [-0.39, 0.29) is 6.73 Å². The summed E-state index contributed by atoms with van der Waals surface area (Å²) in [5.41, 5.74) is 7.00. The van der Waals surface area contributed by atoms with Gasteiger partial charge in [0, 0.05) is 5.69 Å². The Hall–Kier alpha value is -2.33. The summed E-state index contributed by atoms with van der Waals surface area (Å²) in [5.74, 6) is -0.496. The summed E-state index contributed by atoms with van der Waals surface area (Å²) >= 11 is 0. The highest BCUT2D eigenvalue weighted by Gasteiger charge is 2.25. The van der Waals surface area contributed by atoms with Crippen molar-refractivity contribution in [2.45, 2.75) is 33.7 Å². The molecule has 1 amide bonds. The first kappa shape index (κ1) is 20.7. The number of nitrogens with zero attached hydrogens (tertiary/aromatic N) is 1. The molecule has 0 aliphatic rings. The lowest BCUT2D eigenvalue weighted by Gasteiger charge is -2.30. The summed E-state index contributed by atoms with van der Waals surface area (Å²) in [6.07, 6.45) is 0. The third kappa shape index (κ3) is 6.12. The van der Waals surface area contributed by atoms with E-state index in [1.165, 1.54) is 0 Å². The van der Waals surface area contributed by atoms with Crippen LogP contribution < -0.4 is 10.6 Å². The van der Waals surface area contributed by atoms with Gasteiger partial charge in [-0.05, 0) is 17.7 Å². The Kier molecular flexibility index (Phi) is 11.0. The summed E-state index contributed by atoms with van der Waals surface area (Å²) in [4.78, 5) is 13.3. The lowest BCUT2D eigenvalue weighted by Crippen LogP contribution is -2.38. The summed E-state index contributed by atoms with van der Waals surface area (Å²) in [6, 6.07) is 17.7. The van der Waals surface area contributed by atoms with Gasteiger partial charge in [-0.1, -0.05) is 76.2 Å². The number of aliphatic hydroxyl groups is 1. The van der Waals surface area contributed by atoms with Crippen LogP contribution in [-0.2, 0) is 4.79 Å². The number of carbonyl (C=O) groups excluding carboxylic acids is 1. The van der Waals surface area contributed by atoms with E-state index in [0.717, 1.165) is 11.3 Å². The van der Waals surface area contributed by atoms with Crippen molar-refractivity contribution in [2.75, 3.05) is 11.6 Å². The fourth-order valence-electron chi connectivity index (χ4n) is 2.06. The zero-order valence-electron chi connectivity index (χ0n) is 14.4. The number of primary amides is 1. The summed E-state index contributed by atoms with van der Waals surface area (Å²) in [5, 5.41) is 9.58. The molecule has 126 valence electrons. The molecule has 2 aromatic carbocycles. The predicted molar refractivity (Wildman–Crippen MR) is 97.1 cm³/mol. The van der Waals surface area contributed by atoms with Crippen molar-refractivity contribution in [3.8, 4) is 0 Å². The van der Waals surface area contributed by atoms with Crippen molar-refractivity contribution >= 4 is 11.6 Å². The highest BCUT2D eigenvalue weighted by Crippen LogP contribution is 2.26. The number of rotatable bonds is 5. The van der Waals surface area contributed by atoms with Crippen LogP contribution in [0.4, 0.5) is 5.69 Å². The molecule has 4 heteroatoms. The fourth-order valence-corrected chi connectivity index (χ4v) is 2.06. The predicted octanol–water partition coefficient (Wildman–Crippen LogP) is 3.72. The number of carbonyl (C=O) groups is 1. The maximum Gasteiger partial charge on any atom is 0.244 e. The first-order valence-corrected chi connectivity index (χ1v) is 8.01. The lowest BCUT2D eigenvalue weighted by atomic mass is 10.0. The summed E-state index contributed by atoms with van der Waals surface area (Å²) in [6.45, 7) is 7.71. The number of anilines is 1. The lowest BCUT2D eigenvalue weighted by molar-refractivity contribution is -0.119. The fraction of sp³-hybridized carbons (Fsp3) is 0.316. The van der Waals surface area contributed by atoms with Gasteiger partial charge in [-0.3, -0.25) is 4.79 Å². The molecule has 0 saturated carbocycles. The van der Waals surface area contributed by atoms with Gasteiger partial charge in [0.2, 0.25) is 5.91 Å². The van der Waals surface area contributed by atoms with Gasteiger partial charge < -0.3 is 15.7 Å². The average Bonchev–Trinajstić information content (AvgIpc) is 2.64. The van der Waals surface area contributed by atoms with Crippen LogP contribution in [0, 0.1) is 0 Å². The molecule has 2 rings (SSSR count). The smallest absolute Gasteiger partial charge is 0.244 e. The number of amides is 1. The number of benzene rings is 2. The molecule has 3 N–H and O–H groups in total. The Balaban J connectivity index is 0.00000112. The first-order chi connectivity index (χ1) is 11.2. The van der Waals surface area contributed by atoms with Crippen LogP contribution in [0.3, 0.4) is 0 Å². The molecule has 2 aromatic rings. The van der Waals surface area contributed by atoms with Crippen LogP contribution in [0.2, 0.25) is 0 Å². The summed E-state index contributed by atoms with van der Waals surface area (Å²) in [7, 11) is 0. The van der Waals surface area contributed by atoms with Gasteiger partial charge in [0.1, 0.15) is 12.8 Å². The van der Waals surface area contributed by atoms with Gasteiger partial charge in [-0.15, -0.1) is 0 Å². The Bertz CT molecular complexity index is 530. The Morgan fingerprint density at radius 3 is 1.78 bits per heavy atom. The molecule has 0 heterocycles. The molecule has 0 aliphatic carbocycles.